The summed E-state index contributed by atoms with van der Waals surface area (Å²) in [7, 11) is 1.50. The Hall–Kier alpha value is -2.35. The van der Waals surface area contributed by atoms with E-state index in [4.69, 9.17) is 10.00 Å². The van der Waals surface area contributed by atoms with E-state index in [2.05, 4.69) is 0 Å². The third-order valence-electron chi connectivity index (χ3n) is 3.41. The molecule has 1 aromatic carbocycles. The minimum atomic E-state index is -1.26. The Bertz CT molecular complexity index is 556. The molecule has 1 atom stereocenters. The lowest BCUT2D eigenvalue weighted by molar-refractivity contribution is -0.131. The second kappa shape index (κ2) is 6.20. The second-order valence-electron chi connectivity index (χ2n) is 4.69. The number of likely N-dealkylation sites (tertiary alicyclic amines) is 1. The Labute approximate surface area is 117 Å². The molecule has 0 bridgehead atoms. The lowest BCUT2D eigenvalue weighted by atomic mass is 9.97. The summed E-state index contributed by atoms with van der Waals surface area (Å²) in [6, 6.07) is 8.34. The summed E-state index contributed by atoms with van der Waals surface area (Å²) in [5.74, 6) is -1.59. The van der Waals surface area contributed by atoms with Crippen LogP contribution in [-0.4, -0.2) is 36.8 Å². The molecular formula is C15H16N2O3. The quantitative estimate of drug-likeness (QED) is 0.617. The first-order chi connectivity index (χ1) is 9.67. The molecule has 0 N–H and O–H groups in total. The van der Waals surface area contributed by atoms with Crippen molar-refractivity contribution in [3.63, 3.8) is 0 Å². The van der Waals surface area contributed by atoms with E-state index in [-0.39, 0.29) is 0 Å². The van der Waals surface area contributed by atoms with Crippen molar-refractivity contribution in [1.29, 1.82) is 5.26 Å². The fourth-order valence-electron chi connectivity index (χ4n) is 2.29. The van der Waals surface area contributed by atoms with E-state index in [9.17, 15) is 9.59 Å². The molecule has 0 unspecified atom stereocenters. The number of hydrogen-bond donors (Lipinski definition) is 0. The SMILES string of the molecule is COc1cccc(C(=O)[C@@H](C#N)C(=O)N2CCCC2)c1. The molecule has 5 nitrogen and oxygen atoms in total. The van der Waals surface area contributed by atoms with Crippen LogP contribution in [0.5, 0.6) is 5.75 Å². The normalized spacial score (nSPS) is 15.5. The predicted molar refractivity (Wildman–Crippen MR) is 72.2 cm³/mol. The van der Waals surface area contributed by atoms with Gasteiger partial charge in [-0.2, -0.15) is 5.26 Å². The summed E-state index contributed by atoms with van der Waals surface area (Å²) in [6.45, 7) is 1.25. The van der Waals surface area contributed by atoms with E-state index in [1.807, 2.05) is 6.07 Å². The number of ketones is 1. The van der Waals surface area contributed by atoms with Gasteiger partial charge in [0.05, 0.1) is 13.2 Å². The average molecular weight is 272 g/mol. The van der Waals surface area contributed by atoms with E-state index >= 15 is 0 Å². The molecule has 104 valence electrons. The lowest BCUT2D eigenvalue weighted by Gasteiger charge is -2.18. The molecule has 0 aromatic heterocycles. The van der Waals surface area contributed by atoms with Crippen molar-refractivity contribution >= 4 is 11.7 Å². The zero-order valence-corrected chi connectivity index (χ0v) is 11.3. The number of amides is 1. The molecular weight excluding hydrogens is 256 g/mol. The summed E-state index contributed by atoms with van der Waals surface area (Å²) in [4.78, 5) is 26.1. The van der Waals surface area contributed by atoms with Crippen LogP contribution in [0.15, 0.2) is 24.3 Å². The number of rotatable bonds is 4. The van der Waals surface area contributed by atoms with Crippen LogP contribution in [0.1, 0.15) is 23.2 Å². The Morgan fingerprint density at radius 1 is 1.35 bits per heavy atom. The molecule has 0 saturated carbocycles. The van der Waals surface area contributed by atoms with Gasteiger partial charge in [-0.25, -0.2) is 0 Å². The first-order valence-corrected chi connectivity index (χ1v) is 6.54. The predicted octanol–water partition coefficient (Wildman–Crippen LogP) is 1.64. The number of nitriles is 1. The molecule has 1 saturated heterocycles. The van der Waals surface area contributed by atoms with Crippen LogP contribution in [0.2, 0.25) is 0 Å². The number of carbonyl (C=O) groups is 2. The monoisotopic (exact) mass is 272 g/mol. The van der Waals surface area contributed by atoms with Crippen LogP contribution in [0.4, 0.5) is 0 Å². The van der Waals surface area contributed by atoms with Crippen molar-refractivity contribution in [2.45, 2.75) is 12.8 Å². The van der Waals surface area contributed by atoms with Gasteiger partial charge in [0.25, 0.3) is 0 Å². The van der Waals surface area contributed by atoms with Crippen molar-refractivity contribution in [2.24, 2.45) is 5.92 Å². The van der Waals surface area contributed by atoms with Gasteiger partial charge in [-0.05, 0) is 25.0 Å². The number of nitrogens with zero attached hydrogens (tertiary/aromatic N) is 2. The maximum absolute atomic E-state index is 12.3. The fourth-order valence-corrected chi connectivity index (χ4v) is 2.29. The van der Waals surface area contributed by atoms with Crippen molar-refractivity contribution in [3.8, 4) is 11.8 Å². The molecule has 5 heteroatoms. The number of ether oxygens (including phenoxy) is 1. The summed E-state index contributed by atoms with van der Waals surface area (Å²) in [5.41, 5.74) is 0.323. The molecule has 0 spiro atoms. The van der Waals surface area contributed by atoms with E-state index in [1.54, 1.807) is 29.2 Å². The zero-order chi connectivity index (χ0) is 14.5. The maximum atomic E-state index is 12.3. The molecule has 0 radical (unpaired) electrons. The highest BCUT2D eigenvalue weighted by atomic mass is 16.5. The summed E-state index contributed by atoms with van der Waals surface area (Å²) < 4.78 is 5.05. The maximum Gasteiger partial charge on any atom is 0.247 e. The van der Waals surface area contributed by atoms with Crippen LogP contribution in [0.25, 0.3) is 0 Å². The van der Waals surface area contributed by atoms with Gasteiger partial charge < -0.3 is 9.64 Å². The van der Waals surface area contributed by atoms with Gasteiger partial charge in [0.2, 0.25) is 5.91 Å². The summed E-state index contributed by atoms with van der Waals surface area (Å²) >= 11 is 0. The van der Waals surface area contributed by atoms with Crippen molar-refractivity contribution in [2.75, 3.05) is 20.2 Å². The number of methoxy groups -OCH3 is 1. The third kappa shape index (κ3) is 2.80. The topological polar surface area (TPSA) is 70.4 Å². The third-order valence-corrected chi connectivity index (χ3v) is 3.41. The highest BCUT2D eigenvalue weighted by molar-refractivity contribution is 6.12. The number of Topliss-reactive ketones (excluding diaryl/α,β-unsaturated/α-hetero) is 1. The second-order valence-corrected chi connectivity index (χ2v) is 4.69. The smallest absolute Gasteiger partial charge is 0.247 e. The molecule has 1 aliphatic heterocycles. The van der Waals surface area contributed by atoms with Crippen LogP contribution in [0.3, 0.4) is 0 Å². The van der Waals surface area contributed by atoms with E-state index in [1.165, 1.54) is 7.11 Å². The van der Waals surface area contributed by atoms with E-state index < -0.39 is 17.6 Å². The molecule has 1 aromatic rings. The van der Waals surface area contributed by atoms with Crippen molar-refractivity contribution in [1.82, 2.24) is 4.90 Å². The van der Waals surface area contributed by atoms with Gasteiger partial charge in [-0.3, -0.25) is 9.59 Å². The Balaban J connectivity index is 2.20. The van der Waals surface area contributed by atoms with Crippen molar-refractivity contribution < 1.29 is 14.3 Å². The average Bonchev–Trinajstić information content (AvgIpc) is 3.02. The molecule has 1 amide bonds. The van der Waals surface area contributed by atoms with Crippen LogP contribution in [-0.2, 0) is 4.79 Å². The molecule has 20 heavy (non-hydrogen) atoms. The Morgan fingerprint density at radius 2 is 2.05 bits per heavy atom. The van der Waals surface area contributed by atoms with Gasteiger partial charge in [0, 0.05) is 18.7 Å². The first-order valence-electron chi connectivity index (χ1n) is 6.54. The minimum Gasteiger partial charge on any atom is -0.497 e. The van der Waals surface area contributed by atoms with Gasteiger partial charge in [-0.15, -0.1) is 0 Å². The van der Waals surface area contributed by atoms with Gasteiger partial charge in [-0.1, -0.05) is 12.1 Å². The first kappa shape index (κ1) is 14.1. The zero-order valence-electron chi connectivity index (χ0n) is 11.3. The standard InChI is InChI=1S/C15H16N2O3/c1-20-12-6-4-5-11(9-12)14(18)13(10-16)15(19)17-7-2-3-8-17/h4-6,9,13H,2-3,7-8H2,1H3/t13-/m1/s1. The molecule has 1 aliphatic rings. The van der Waals surface area contributed by atoms with Crippen LogP contribution >= 0.6 is 0 Å². The lowest BCUT2D eigenvalue weighted by Crippen LogP contribution is -2.37. The Morgan fingerprint density at radius 3 is 2.65 bits per heavy atom. The van der Waals surface area contributed by atoms with Gasteiger partial charge in [0.15, 0.2) is 11.7 Å². The Kier molecular flexibility index (Phi) is 4.36. The van der Waals surface area contributed by atoms with E-state index in [0.717, 1.165) is 12.8 Å². The molecule has 1 fully saturated rings. The van der Waals surface area contributed by atoms with Gasteiger partial charge in [0.1, 0.15) is 5.75 Å². The number of benzene rings is 1. The van der Waals surface area contributed by atoms with Crippen LogP contribution in [0, 0.1) is 17.2 Å². The largest absolute Gasteiger partial charge is 0.497 e. The van der Waals surface area contributed by atoms with Gasteiger partial charge >= 0.3 is 0 Å². The molecule has 2 rings (SSSR count). The number of hydrogen-bond acceptors (Lipinski definition) is 4. The van der Waals surface area contributed by atoms with Crippen LogP contribution < -0.4 is 4.74 Å². The molecule has 1 heterocycles. The minimum absolute atomic E-state index is 0.323. The summed E-state index contributed by atoms with van der Waals surface area (Å²) in [5, 5.41) is 9.17. The van der Waals surface area contributed by atoms with E-state index in [0.29, 0.717) is 24.4 Å². The molecule has 0 aliphatic carbocycles. The highest BCUT2D eigenvalue weighted by Crippen LogP contribution is 2.19. The fraction of sp³-hybridized carbons (Fsp3) is 0.400. The van der Waals surface area contributed by atoms with Crippen molar-refractivity contribution in [3.05, 3.63) is 29.8 Å². The number of carbonyl (C=O) groups excluding carboxylic acids is 2. The summed E-state index contributed by atoms with van der Waals surface area (Å²) in [6.07, 6.45) is 1.86. The highest BCUT2D eigenvalue weighted by Gasteiger charge is 2.32.